The zero-order valence-corrected chi connectivity index (χ0v) is 8.51. The maximum absolute atomic E-state index is 9.21. The van der Waals surface area contributed by atoms with Gasteiger partial charge in [0, 0.05) is 5.02 Å². The number of rotatable bonds is 1. The molecule has 72 valence electrons. The van der Waals surface area contributed by atoms with Crippen molar-refractivity contribution in [3.63, 3.8) is 0 Å². The van der Waals surface area contributed by atoms with E-state index in [0.717, 1.165) is 24.9 Å². The summed E-state index contributed by atoms with van der Waals surface area (Å²) >= 11 is 5.91. The minimum absolute atomic E-state index is 0.509. The van der Waals surface area contributed by atoms with Gasteiger partial charge in [0.15, 0.2) is 0 Å². The molecule has 1 aromatic rings. The molecular weight excluding hydrogens is 196 g/mol. The van der Waals surface area contributed by atoms with Crippen molar-refractivity contribution in [2.45, 2.75) is 18.4 Å². The van der Waals surface area contributed by atoms with Crippen LogP contribution >= 0.6 is 11.6 Å². The molecule has 1 aliphatic heterocycles. The van der Waals surface area contributed by atoms with E-state index in [1.807, 2.05) is 24.3 Å². The average molecular weight is 207 g/mol. The lowest BCUT2D eigenvalue weighted by atomic mass is 9.90. The first-order valence-electron chi connectivity index (χ1n) is 4.69. The number of nitrogens with one attached hydrogen (secondary N) is 1. The molecule has 0 aromatic heterocycles. The molecule has 1 aliphatic rings. The molecule has 1 aromatic carbocycles. The number of nitriles is 1. The monoisotopic (exact) mass is 206 g/mol. The van der Waals surface area contributed by atoms with Crippen LogP contribution in [0.15, 0.2) is 24.3 Å². The summed E-state index contributed by atoms with van der Waals surface area (Å²) in [6, 6.07) is 9.88. The third-order valence-corrected chi connectivity index (χ3v) is 2.90. The Bertz CT molecular complexity index is 375. The molecule has 2 rings (SSSR count). The van der Waals surface area contributed by atoms with Crippen LogP contribution in [0, 0.1) is 11.3 Å². The Kier molecular flexibility index (Phi) is 2.45. The average Bonchev–Trinajstić information content (AvgIpc) is 2.67. The predicted molar refractivity (Wildman–Crippen MR) is 56.0 cm³/mol. The van der Waals surface area contributed by atoms with Gasteiger partial charge in [0.2, 0.25) is 0 Å². The first-order valence-corrected chi connectivity index (χ1v) is 5.07. The van der Waals surface area contributed by atoms with Crippen molar-refractivity contribution >= 4 is 11.6 Å². The van der Waals surface area contributed by atoms with Crippen molar-refractivity contribution in [1.29, 1.82) is 5.26 Å². The van der Waals surface area contributed by atoms with Crippen molar-refractivity contribution < 1.29 is 0 Å². The van der Waals surface area contributed by atoms with Gasteiger partial charge in [-0.15, -0.1) is 0 Å². The Labute approximate surface area is 88.5 Å². The third kappa shape index (κ3) is 1.50. The largest absolute Gasteiger partial charge is 0.296 e. The van der Waals surface area contributed by atoms with E-state index < -0.39 is 5.54 Å². The second-order valence-electron chi connectivity index (χ2n) is 3.56. The van der Waals surface area contributed by atoms with E-state index in [1.54, 1.807) is 0 Å². The molecule has 3 heteroatoms. The number of nitrogens with zero attached hydrogens (tertiary/aromatic N) is 1. The van der Waals surface area contributed by atoms with Crippen LogP contribution in [-0.4, -0.2) is 6.54 Å². The minimum Gasteiger partial charge on any atom is -0.296 e. The van der Waals surface area contributed by atoms with Crippen LogP contribution in [0.5, 0.6) is 0 Å². The van der Waals surface area contributed by atoms with Gasteiger partial charge in [-0.2, -0.15) is 5.26 Å². The lowest BCUT2D eigenvalue weighted by Crippen LogP contribution is -2.34. The normalized spacial score (nSPS) is 26.0. The maximum atomic E-state index is 9.21. The van der Waals surface area contributed by atoms with Gasteiger partial charge in [0.05, 0.1) is 6.07 Å². The summed E-state index contributed by atoms with van der Waals surface area (Å²) in [5.74, 6) is 0. The summed E-state index contributed by atoms with van der Waals surface area (Å²) < 4.78 is 0. The summed E-state index contributed by atoms with van der Waals surface area (Å²) in [5.41, 5.74) is 0.468. The highest BCUT2D eigenvalue weighted by atomic mass is 35.5. The summed E-state index contributed by atoms with van der Waals surface area (Å²) in [4.78, 5) is 0. The fourth-order valence-corrected chi connectivity index (χ4v) is 2.09. The van der Waals surface area contributed by atoms with Gasteiger partial charge in [-0.3, -0.25) is 5.32 Å². The highest BCUT2D eigenvalue weighted by Gasteiger charge is 2.35. The molecule has 0 saturated carbocycles. The smallest absolute Gasteiger partial charge is 0.132 e. The van der Waals surface area contributed by atoms with E-state index in [1.165, 1.54) is 0 Å². The highest BCUT2D eigenvalue weighted by Crippen LogP contribution is 2.31. The first-order chi connectivity index (χ1) is 6.77. The molecule has 0 amide bonds. The van der Waals surface area contributed by atoms with Gasteiger partial charge in [-0.25, -0.2) is 0 Å². The van der Waals surface area contributed by atoms with Crippen LogP contribution in [0.25, 0.3) is 0 Å². The quantitative estimate of drug-likeness (QED) is 0.766. The van der Waals surface area contributed by atoms with Crippen molar-refractivity contribution in [3.05, 3.63) is 34.9 Å². The molecule has 1 saturated heterocycles. The van der Waals surface area contributed by atoms with Crippen molar-refractivity contribution in [2.75, 3.05) is 6.54 Å². The van der Waals surface area contributed by atoms with Crippen LogP contribution in [0.3, 0.4) is 0 Å². The van der Waals surface area contributed by atoms with Gasteiger partial charge in [-0.05, 0) is 37.1 Å². The number of halogens is 1. The van der Waals surface area contributed by atoms with Crippen molar-refractivity contribution in [3.8, 4) is 6.07 Å². The molecule has 2 nitrogen and oxygen atoms in total. The third-order valence-electron chi connectivity index (χ3n) is 2.66. The SMILES string of the molecule is N#CC1(c2cccc(Cl)c2)CCCN1. The van der Waals surface area contributed by atoms with Gasteiger partial charge in [0.25, 0.3) is 0 Å². The predicted octanol–water partition coefficient (Wildman–Crippen LogP) is 2.44. The van der Waals surface area contributed by atoms with E-state index in [4.69, 9.17) is 11.6 Å². The Morgan fingerprint density at radius 3 is 2.93 bits per heavy atom. The Morgan fingerprint density at radius 2 is 2.36 bits per heavy atom. The van der Waals surface area contributed by atoms with E-state index in [0.29, 0.717) is 5.02 Å². The molecule has 0 radical (unpaired) electrons. The number of benzene rings is 1. The summed E-state index contributed by atoms with van der Waals surface area (Å²) in [7, 11) is 0. The zero-order chi connectivity index (χ0) is 10.0. The van der Waals surface area contributed by atoms with Crippen LogP contribution in [-0.2, 0) is 5.54 Å². The standard InChI is InChI=1S/C11H11ClN2/c12-10-4-1-3-9(7-10)11(8-13)5-2-6-14-11/h1,3-4,7,14H,2,5-6H2. The molecule has 0 spiro atoms. The van der Waals surface area contributed by atoms with Gasteiger partial charge < -0.3 is 0 Å². The van der Waals surface area contributed by atoms with E-state index in [2.05, 4.69) is 11.4 Å². The second-order valence-corrected chi connectivity index (χ2v) is 3.99. The molecule has 1 fully saturated rings. The van der Waals surface area contributed by atoms with Crippen LogP contribution in [0.2, 0.25) is 5.02 Å². The minimum atomic E-state index is -0.509. The Hall–Kier alpha value is -1.04. The zero-order valence-electron chi connectivity index (χ0n) is 7.76. The van der Waals surface area contributed by atoms with Crippen molar-refractivity contribution in [1.82, 2.24) is 5.32 Å². The fourth-order valence-electron chi connectivity index (χ4n) is 1.90. The van der Waals surface area contributed by atoms with Gasteiger partial charge in [0.1, 0.15) is 5.54 Å². The number of hydrogen-bond donors (Lipinski definition) is 1. The summed E-state index contributed by atoms with van der Waals surface area (Å²) in [5, 5.41) is 13.1. The van der Waals surface area contributed by atoms with E-state index in [-0.39, 0.29) is 0 Å². The fraction of sp³-hybridized carbons (Fsp3) is 0.364. The Balaban J connectivity index is 2.42. The molecular formula is C11H11ClN2. The molecule has 0 aliphatic carbocycles. The molecule has 14 heavy (non-hydrogen) atoms. The Morgan fingerprint density at radius 1 is 1.50 bits per heavy atom. The molecule has 1 N–H and O–H groups in total. The maximum Gasteiger partial charge on any atom is 0.132 e. The summed E-state index contributed by atoms with van der Waals surface area (Å²) in [6.07, 6.45) is 1.91. The summed E-state index contributed by atoms with van der Waals surface area (Å²) in [6.45, 7) is 0.903. The molecule has 0 bridgehead atoms. The lowest BCUT2D eigenvalue weighted by molar-refractivity contribution is 0.510. The number of hydrogen-bond acceptors (Lipinski definition) is 2. The van der Waals surface area contributed by atoms with E-state index >= 15 is 0 Å². The lowest BCUT2D eigenvalue weighted by Gasteiger charge is -2.21. The van der Waals surface area contributed by atoms with Crippen LogP contribution < -0.4 is 5.32 Å². The van der Waals surface area contributed by atoms with Crippen LogP contribution in [0.1, 0.15) is 18.4 Å². The molecule has 1 heterocycles. The topological polar surface area (TPSA) is 35.8 Å². The molecule has 1 atom stereocenters. The van der Waals surface area contributed by atoms with Gasteiger partial charge >= 0.3 is 0 Å². The molecule has 1 unspecified atom stereocenters. The highest BCUT2D eigenvalue weighted by molar-refractivity contribution is 6.30. The van der Waals surface area contributed by atoms with E-state index in [9.17, 15) is 5.26 Å². The second kappa shape index (κ2) is 3.61. The van der Waals surface area contributed by atoms with Crippen LogP contribution in [0.4, 0.5) is 0 Å². The van der Waals surface area contributed by atoms with Gasteiger partial charge in [-0.1, -0.05) is 23.7 Å². The van der Waals surface area contributed by atoms with Crippen molar-refractivity contribution in [2.24, 2.45) is 0 Å². The first kappa shape index (κ1) is 9.51.